The summed E-state index contributed by atoms with van der Waals surface area (Å²) in [5.41, 5.74) is 13.7. The Bertz CT molecular complexity index is 3900. The number of rotatable bonds is 6. The highest BCUT2D eigenvalue weighted by Crippen LogP contribution is 2.42. The van der Waals surface area contributed by atoms with Gasteiger partial charge in [-0.3, -0.25) is 0 Å². The topological polar surface area (TPSA) is 69.9 Å². The Labute approximate surface area is 361 Å². The second-order valence-electron chi connectivity index (χ2n) is 15.9. The van der Waals surface area contributed by atoms with Crippen LogP contribution in [-0.4, -0.2) is 19.5 Å². The van der Waals surface area contributed by atoms with E-state index in [0.29, 0.717) is 17.5 Å². The molecule has 4 aromatic heterocycles. The SMILES string of the molecule is c1ccc(-c2nc(-c3ccc(-c4ccc5c(c4)oc4ccccc45)cc3)nc(-c3cccc4oc5c(-c6ccc7c(c6)c6ccccc6n7-c6ccccc6)cccc5c34)n2)cc1. The molecule has 0 spiro atoms. The molecule has 0 aliphatic rings. The van der Waals surface area contributed by atoms with Crippen LogP contribution in [0.4, 0.5) is 0 Å². The molecule has 0 aliphatic carbocycles. The number of aromatic nitrogens is 4. The zero-order valence-electron chi connectivity index (χ0n) is 33.7. The van der Waals surface area contributed by atoms with Crippen LogP contribution in [0.5, 0.6) is 0 Å². The van der Waals surface area contributed by atoms with E-state index in [1.54, 1.807) is 0 Å². The number of hydrogen-bond donors (Lipinski definition) is 0. The van der Waals surface area contributed by atoms with Crippen molar-refractivity contribution in [3.8, 4) is 62.1 Å². The first kappa shape index (κ1) is 35.2. The van der Waals surface area contributed by atoms with Crippen LogP contribution < -0.4 is 0 Å². The summed E-state index contributed by atoms with van der Waals surface area (Å²) < 4.78 is 15.4. The van der Waals surface area contributed by atoms with E-state index in [9.17, 15) is 0 Å². The number of para-hydroxylation sites is 4. The molecule has 0 aliphatic heterocycles. The number of hydrogen-bond acceptors (Lipinski definition) is 5. The first-order valence-electron chi connectivity index (χ1n) is 21.1. The summed E-state index contributed by atoms with van der Waals surface area (Å²) in [6.07, 6.45) is 0. The van der Waals surface area contributed by atoms with Gasteiger partial charge in [-0.1, -0.05) is 152 Å². The van der Waals surface area contributed by atoms with E-state index in [4.69, 9.17) is 23.8 Å². The van der Waals surface area contributed by atoms with Gasteiger partial charge in [-0.2, -0.15) is 0 Å². The van der Waals surface area contributed by atoms with E-state index >= 15 is 0 Å². The number of furan rings is 2. The normalized spacial score (nSPS) is 11.8. The van der Waals surface area contributed by atoms with Crippen LogP contribution in [-0.2, 0) is 0 Å². The van der Waals surface area contributed by atoms with Gasteiger partial charge in [0.2, 0.25) is 0 Å². The van der Waals surface area contributed by atoms with Crippen LogP contribution in [0.3, 0.4) is 0 Å². The molecule has 0 bridgehead atoms. The van der Waals surface area contributed by atoms with E-state index in [1.165, 1.54) is 16.3 Å². The fraction of sp³-hybridized carbons (Fsp3) is 0. The van der Waals surface area contributed by atoms with Crippen molar-refractivity contribution < 1.29 is 8.83 Å². The quantitative estimate of drug-likeness (QED) is 0.167. The van der Waals surface area contributed by atoms with Crippen LogP contribution in [0.15, 0.2) is 215 Å². The molecule has 294 valence electrons. The lowest BCUT2D eigenvalue weighted by Gasteiger charge is -2.10. The van der Waals surface area contributed by atoms with Gasteiger partial charge in [0.25, 0.3) is 0 Å². The van der Waals surface area contributed by atoms with Gasteiger partial charge in [0.05, 0.1) is 11.0 Å². The van der Waals surface area contributed by atoms with E-state index in [1.807, 2.05) is 60.7 Å². The minimum Gasteiger partial charge on any atom is -0.456 e. The van der Waals surface area contributed by atoms with Crippen LogP contribution in [0.1, 0.15) is 0 Å². The lowest BCUT2D eigenvalue weighted by atomic mass is 9.99. The predicted molar refractivity (Wildman–Crippen MR) is 256 cm³/mol. The van der Waals surface area contributed by atoms with Gasteiger partial charge in [-0.25, -0.2) is 15.0 Å². The zero-order chi connectivity index (χ0) is 41.4. The maximum atomic E-state index is 6.82. The monoisotopic (exact) mass is 806 g/mol. The molecule has 4 heterocycles. The van der Waals surface area contributed by atoms with Crippen molar-refractivity contribution in [2.24, 2.45) is 0 Å². The first-order chi connectivity index (χ1) is 31.2. The average Bonchev–Trinajstić information content (AvgIpc) is 4.04. The number of fused-ring (bicyclic) bond motifs is 9. The van der Waals surface area contributed by atoms with Gasteiger partial charge >= 0.3 is 0 Å². The molecule has 6 nitrogen and oxygen atoms in total. The predicted octanol–water partition coefficient (Wildman–Crippen LogP) is 15.1. The van der Waals surface area contributed by atoms with E-state index in [-0.39, 0.29) is 0 Å². The van der Waals surface area contributed by atoms with Crippen LogP contribution in [0, 0.1) is 0 Å². The third-order valence-electron chi connectivity index (χ3n) is 12.3. The molecule has 13 rings (SSSR count). The molecule has 0 amide bonds. The zero-order valence-corrected chi connectivity index (χ0v) is 33.7. The third kappa shape index (κ3) is 5.69. The Morgan fingerprint density at radius 2 is 0.905 bits per heavy atom. The van der Waals surface area contributed by atoms with Gasteiger partial charge in [-0.15, -0.1) is 0 Å². The summed E-state index contributed by atoms with van der Waals surface area (Å²) in [7, 11) is 0. The summed E-state index contributed by atoms with van der Waals surface area (Å²) in [4.78, 5) is 15.4. The van der Waals surface area contributed by atoms with Crippen molar-refractivity contribution in [3.63, 3.8) is 0 Å². The van der Waals surface area contributed by atoms with Crippen molar-refractivity contribution in [1.29, 1.82) is 0 Å². The molecule has 13 aromatic rings. The van der Waals surface area contributed by atoms with Crippen molar-refractivity contribution in [2.45, 2.75) is 0 Å². The molecule has 0 N–H and O–H groups in total. The lowest BCUT2D eigenvalue weighted by molar-refractivity contribution is 0.669. The Balaban J connectivity index is 0.932. The highest BCUT2D eigenvalue weighted by atomic mass is 16.3. The third-order valence-corrected chi connectivity index (χ3v) is 12.3. The Kier molecular flexibility index (Phi) is 7.80. The van der Waals surface area contributed by atoms with E-state index in [2.05, 4.69) is 150 Å². The molecule has 0 atom stereocenters. The molecule has 63 heavy (non-hydrogen) atoms. The number of benzene rings is 9. The smallest absolute Gasteiger partial charge is 0.164 e. The summed E-state index contributed by atoms with van der Waals surface area (Å²) >= 11 is 0. The van der Waals surface area contributed by atoms with Crippen molar-refractivity contribution in [1.82, 2.24) is 19.5 Å². The van der Waals surface area contributed by atoms with Gasteiger partial charge in [0.1, 0.15) is 22.3 Å². The van der Waals surface area contributed by atoms with Crippen molar-refractivity contribution in [3.05, 3.63) is 206 Å². The van der Waals surface area contributed by atoms with Crippen molar-refractivity contribution in [2.75, 3.05) is 0 Å². The van der Waals surface area contributed by atoms with E-state index < -0.39 is 0 Å². The highest BCUT2D eigenvalue weighted by molar-refractivity contribution is 6.16. The molecule has 0 saturated heterocycles. The molecular formula is C57H34N4O2. The summed E-state index contributed by atoms with van der Waals surface area (Å²) in [5.74, 6) is 1.77. The van der Waals surface area contributed by atoms with Crippen LogP contribution in [0.2, 0.25) is 0 Å². The average molecular weight is 807 g/mol. The lowest BCUT2D eigenvalue weighted by Crippen LogP contribution is -2.00. The number of nitrogens with zero attached hydrogens (tertiary/aromatic N) is 4. The minimum absolute atomic E-state index is 0.576. The fourth-order valence-corrected chi connectivity index (χ4v) is 9.32. The second kappa shape index (κ2) is 14.0. The molecule has 0 radical (unpaired) electrons. The molecule has 6 heteroatoms. The second-order valence-corrected chi connectivity index (χ2v) is 15.9. The van der Waals surface area contributed by atoms with Crippen molar-refractivity contribution >= 4 is 65.7 Å². The van der Waals surface area contributed by atoms with Crippen LogP contribution >= 0.6 is 0 Å². The standard InChI is InChI=1S/C57H34N4O2/c1-3-13-36(14-4-1)55-58-56(37-27-25-35(26-28-37)38-29-31-44-43-18-8-10-23-50(43)62-52(44)34-38)60-57(59-55)46-21-12-24-51-53(46)45-20-11-19-41(54(45)63-51)39-30-32-49-47(33-39)42-17-7-9-22-48(42)61(49)40-15-5-2-6-16-40/h1-34H. The maximum absolute atomic E-state index is 6.82. The Hall–Kier alpha value is -8.61. The first-order valence-corrected chi connectivity index (χ1v) is 21.1. The largest absolute Gasteiger partial charge is 0.456 e. The minimum atomic E-state index is 0.576. The Morgan fingerprint density at radius 3 is 1.75 bits per heavy atom. The molecule has 0 saturated carbocycles. The van der Waals surface area contributed by atoms with Gasteiger partial charge in [-0.05, 0) is 71.3 Å². The fourth-order valence-electron chi connectivity index (χ4n) is 9.32. The molecule has 9 aromatic carbocycles. The molecule has 0 fully saturated rings. The summed E-state index contributed by atoms with van der Waals surface area (Å²) in [6, 6.07) is 71.5. The van der Waals surface area contributed by atoms with Gasteiger partial charge < -0.3 is 13.4 Å². The molecular weight excluding hydrogens is 773 g/mol. The highest BCUT2D eigenvalue weighted by Gasteiger charge is 2.21. The summed E-state index contributed by atoms with van der Waals surface area (Å²) in [5, 5.41) is 6.58. The summed E-state index contributed by atoms with van der Waals surface area (Å²) in [6.45, 7) is 0. The Morgan fingerprint density at radius 1 is 0.317 bits per heavy atom. The van der Waals surface area contributed by atoms with Gasteiger partial charge in [0, 0.05) is 60.3 Å². The van der Waals surface area contributed by atoms with Crippen LogP contribution in [0.25, 0.3) is 128 Å². The molecule has 0 unspecified atom stereocenters. The van der Waals surface area contributed by atoms with E-state index in [0.717, 1.165) is 94.0 Å². The maximum Gasteiger partial charge on any atom is 0.164 e. The van der Waals surface area contributed by atoms with Gasteiger partial charge in [0.15, 0.2) is 17.5 Å².